The van der Waals surface area contributed by atoms with Crippen molar-refractivity contribution in [2.75, 3.05) is 4.90 Å². The Morgan fingerprint density at radius 3 is 2.10 bits per heavy atom. The number of para-hydroxylation sites is 1. The molecule has 8 rings (SSSR count). The summed E-state index contributed by atoms with van der Waals surface area (Å²) in [6, 6.07) is 27.0. The summed E-state index contributed by atoms with van der Waals surface area (Å²) in [5.41, 5.74) is 5.64. The Balaban J connectivity index is 1.40. The molecule has 1 N–H and O–H groups in total. The zero-order valence-corrected chi connectivity index (χ0v) is 23.5. The van der Waals surface area contributed by atoms with E-state index in [1.807, 2.05) is 48.5 Å². The van der Waals surface area contributed by atoms with E-state index in [0.717, 1.165) is 22.3 Å². The van der Waals surface area contributed by atoms with E-state index in [4.69, 9.17) is 34.8 Å². The van der Waals surface area contributed by atoms with Gasteiger partial charge in [-0.3, -0.25) is 14.4 Å². The Hall–Kier alpha value is -3.97. The van der Waals surface area contributed by atoms with Crippen molar-refractivity contribution in [2.24, 2.45) is 16.9 Å². The fraction of sp³-hybridized carbons (Fsp3) is 0.125. The Labute approximate surface area is 250 Å². The molecule has 4 aliphatic rings. The van der Waals surface area contributed by atoms with E-state index in [9.17, 15) is 14.4 Å². The number of amides is 3. The average Bonchev–Trinajstić information content (AvgIpc) is 3.24. The van der Waals surface area contributed by atoms with Crippen LogP contribution in [0.1, 0.15) is 38.5 Å². The Bertz CT molecular complexity index is 1770. The largest absolute Gasteiger partial charge is 0.274 e. The van der Waals surface area contributed by atoms with Crippen molar-refractivity contribution >= 4 is 64.4 Å². The summed E-state index contributed by atoms with van der Waals surface area (Å²) in [5, 5.41) is 5.31. The van der Waals surface area contributed by atoms with Crippen LogP contribution in [0.5, 0.6) is 0 Å². The summed E-state index contributed by atoms with van der Waals surface area (Å²) in [6.45, 7) is 0. The van der Waals surface area contributed by atoms with Crippen LogP contribution in [0.25, 0.3) is 0 Å². The molecule has 202 valence electrons. The van der Waals surface area contributed by atoms with Crippen LogP contribution in [0.15, 0.2) is 96.1 Å². The molecule has 6 nitrogen and oxygen atoms in total. The van der Waals surface area contributed by atoms with E-state index >= 15 is 0 Å². The summed E-state index contributed by atoms with van der Waals surface area (Å²) in [5.74, 6) is -3.02. The minimum atomic E-state index is -1.13. The van der Waals surface area contributed by atoms with E-state index in [1.54, 1.807) is 36.5 Å². The number of rotatable bonds is 4. The molecule has 9 heteroatoms. The number of hydrogen-bond acceptors (Lipinski definition) is 4. The second-order valence-corrected chi connectivity index (χ2v) is 11.6. The van der Waals surface area contributed by atoms with E-state index in [0.29, 0.717) is 15.7 Å². The van der Waals surface area contributed by atoms with Crippen LogP contribution in [-0.2, 0) is 15.0 Å². The molecule has 1 fully saturated rings. The summed E-state index contributed by atoms with van der Waals surface area (Å²) in [6.07, 6.45) is 1.60. The van der Waals surface area contributed by atoms with E-state index < -0.39 is 23.2 Å². The van der Waals surface area contributed by atoms with Gasteiger partial charge in [-0.15, -0.1) is 0 Å². The van der Waals surface area contributed by atoms with E-state index in [-0.39, 0.29) is 28.3 Å². The number of hydrazone groups is 1. The first-order chi connectivity index (χ1) is 19.8. The first-order valence-corrected chi connectivity index (χ1v) is 14.1. The molecule has 2 atom stereocenters. The molecule has 0 unspecified atom stereocenters. The van der Waals surface area contributed by atoms with Gasteiger partial charge in [-0.05, 0) is 52.6 Å². The van der Waals surface area contributed by atoms with Gasteiger partial charge in [-0.25, -0.2) is 10.3 Å². The normalized spacial score (nSPS) is 23.9. The van der Waals surface area contributed by atoms with Crippen molar-refractivity contribution < 1.29 is 14.4 Å². The van der Waals surface area contributed by atoms with E-state index in [1.165, 1.54) is 17.0 Å². The first-order valence-electron chi connectivity index (χ1n) is 13.0. The number of hydrogen-bond donors (Lipinski definition) is 1. The third-order valence-electron chi connectivity index (χ3n) is 8.39. The van der Waals surface area contributed by atoms with Gasteiger partial charge in [0.25, 0.3) is 5.91 Å². The van der Waals surface area contributed by atoms with Crippen LogP contribution in [0.3, 0.4) is 0 Å². The second kappa shape index (κ2) is 9.55. The number of imide groups is 1. The Kier molecular flexibility index (Phi) is 6.05. The lowest BCUT2D eigenvalue weighted by atomic mass is 9.47. The lowest BCUT2D eigenvalue weighted by molar-refractivity contribution is -0.122. The highest BCUT2D eigenvalue weighted by atomic mass is 35.5. The van der Waals surface area contributed by atoms with Gasteiger partial charge in [0.05, 0.1) is 38.5 Å². The van der Waals surface area contributed by atoms with Crippen LogP contribution in [0.4, 0.5) is 5.69 Å². The van der Waals surface area contributed by atoms with Gasteiger partial charge < -0.3 is 0 Å². The Morgan fingerprint density at radius 2 is 1.44 bits per heavy atom. The number of benzene rings is 4. The summed E-state index contributed by atoms with van der Waals surface area (Å²) >= 11 is 18.7. The molecule has 3 amide bonds. The highest BCUT2D eigenvalue weighted by Crippen LogP contribution is 2.63. The number of carbonyl (C=O) groups is 3. The number of nitrogens with one attached hydrogen (secondary N) is 1. The molecule has 41 heavy (non-hydrogen) atoms. The van der Waals surface area contributed by atoms with Gasteiger partial charge in [0.1, 0.15) is 0 Å². The van der Waals surface area contributed by atoms with Crippen molar-refractivity contribution in [1.82, 2.24) is 5.43 Å². The van der Waals surface area contributed by atoms with Gasteiger partial charge in [0.15, 0.2) is 0 Å². The van der Waals surface area contributed by atoms with Crippen molar-refractivity contribution in [3.05, 3.63) is 134 Å². The van der Waals surface area contributed by atoms with Gasteiger partial charge in [-0.2, -0.15) is 5.10 Å². The molecule has 1 heterocycles. The van der Waals surface area contributed by atoms with Crippen LogP contribution in [0, 0.1) is 11.8 Å². The fourth-order valence-corrected chi connectivity index (χ4v) is 7.56. The summed E-state index contributed by atoms with van der Waals surface area (Å²) in [7, 11) is 0. The molecule has 0 spiro atoms. The smallest absolute Gasteiger partial charge is 0.272 e. The summed E-state index contributed by atoms with van der Waals surface area (Å²) < 4.78 is 0. The number of nitrogens with zero attached hydrogens (tertiary/aromatic N) is 2. The van der Waals surface area contributed by atoms with Gasteiger partial charge >= 0.3 is 0 Å². The van der Waals surface area contributed by atoms with Crippen molar-refractivity contribution in [3.63, 3.8) is 0 Å². The summed E-state index contributed by atoms with van der Waals surface area (Å²) in [4.78, 5) is 42.8. The second-order valence-electron chi connectivity index (χ2n) is 10.3. The molecule has 1 saturated heterocycles. The standard InChI is InChI=1S/C32H20Cl3N3O3/c33-17-13-14-20(24(35)15-17)29(39)37-36-16-32-21-9-3-1-7-18(21)26(19-8-2-4-10-22(19)32)27-28(32)31(41)38(30(27)40)25-12-6-5-11-23(25)34/h1-16,26-28H,(H,37,39)/b36-16-/t26?,27-,28+,32?/m1/s1. The molecule has 0 radical (unpaired) electrons. The number of halogens is 3. The van der Waals surface area contributed by atoms with E-state index in [2.05, 4.69) is 10.5 Å². The van der Waals surface area contributed by atoms with Crippen LogP contribution < -0.4 is 10.3 Å². The fourth-order valence-electron chi connectivity index (χ4n) is 6.85. The third kappa shape index (κ3) is 3.64. The zero-order valence-electron chi connectivity index (χ0n) is 21.2. The molecular formula is C32H20Cl3N3O3. The highest BCUT2D eigenvalue weighted by molar-refractivity contribution is 6.37. The Morgan fingerprint density at radius 1 is 0.805 bits per heavy atom. The molecule has 1 aliphatic heterocycles. The van der Waals surface area contributed by atoms with Gasteiger partial charge in [0.2, 0.25) is 11.8 Å². The maximum atomic E-state index is 14.4. The van der Waals surface area contributed by atoms with Crippen molar-refractivity contribution in [3.8, 4) is 0 Å². The van der Waals surface area contributed by atoms with Crippen LogP contribution in [0.2, 0.25) is 15.1 Å². The SMILES string of the molecule is O=C(N/N=C\C12c3ccccc3C(c3ccccc31)[C@H]1C(=O)N(c3ccccc3Cl)C(=O)[C@H]12)c1ccc(Cl)cc1Cl. The molecule has 0 saturated carbocycles. The maximum Gasteiger partial charge on any atom is 0.272 e. The van der Waals surface area contributed by atoms with Crippen LogP contribution >= 0.6 is 34.8 Å². The highest BCUT2D eigenvalue weighted by Gasteiger charge is 2.68. The van der Waals surface area contributed by atoms with Crippen molar-refractivity contribution in [2.45, 2.75) is 11.3 Å². The monoisotopic (exact) mass is 599 g/mol. The van der Waals surface area contributed by atoms with Crippen molar-refractivity contribution in [1.29, 1.82) is 0 Å². The predicted molar refractivity (Wildman–Crippen MR) is 159 cm³/mol. The number of anilines is 1. The molecular weight excluding hydrogens is 581 g/mol. The average molecular weight is 601 g/mol. The lowest BCUT2D eigenvalue weighted by Gasteiger charge is -2.52. The minimum absolute atomic E-state index is 0.184. The molecule has 4 aromatic rings. The van der Waals surface area contributed by atoms with Gasteiger partial charge in [0, 0.05) is 17.2 Å². The number of carbonyl (C=O) groups excluding carboxylic acids is 3. The molecule has 0 aromatic heterocycles. The van der Waals surface area contributed by atoms with Crippen LogP contribution in [-0.4, -0.2) is 23.9 Å². The van der Waals surface area contributed by atoms with Gasteiger partial charge in [-0.1, -0.05) is 95.5 Å². The zero-order chi connectivity index (χ0) is 28.5. The lowest BCUT2D eigenvalue weighted by Crippen LogP contribution is -2.54. The molecule has 3 aliphatic carbocycles. The first kappa shape index (κ1) is 26.0. The molecule has 2 bridgehead atoms. The predicted octanol–water partition coefficient (Wildman–Crippen LogP) is 6.61. The maximum absolute atomic E-state index is 14.4. The quantitative estimate of drug-likeness (QED) is 0.163. The molecule has 4 aromatic carbocycles. The third-order valence-corrected chi connectivity index (χ3v) is 9.25. The topological polar surface area (TPSA) is 78.8 Å². The minimum Gasteiger partial charge on any atom is -0.274 e.